The van der Waals surface area contributed by atoms with Crippen LogP contribution in [0.3, 0.4) is 0 Å². The maximum Gasteiger partial charge on any atom is 0.303 e. The Labute approximate surface area is 91.2 Å². The Kier molecular flexibility index (Phi) is 5.05. The van der Waals surface area contributed by atoms with Gasteiger partial charge in [-0.3, -0.25) is 4.79 Å². The van der Waals surface area contributed by atoms with Crippen molar-refractivity contribution in [2.75, 3.05) is 26.2 Å². The first kappa shape index (κ1) is 12.5. The number of rotatable bonds is 6. The fourth-order valence-corrected chi connectivity index (χ4v) is 1.95. The normalized spacial score (nSPS) is 22.5. The minimum absolute atomic E-state index is 0.280. The van der Waals surface area contributed by atoms with Gasteiger partial charge < -0.3 is 14.7 Å². The molecule has 0 aromatic heterocycles. The standard InChI is InChI=1S/C11H21NO3/c1-9(2)15-6-5-12-4-3-10(8-12)7-11(13)14/h9-10H,3-8H2,1-2H3,(H,13,14). The van der Waals surface area contributed by atoms with Gasteiger partial charge in [0.1, 0.15) is 0 Å². The van der Waals surface area contributed by atoms with Gasteiger partial charge in [-0.25, -0.2) is 0 Å². The Morgan fingerprint density at radius 3 is 2.93 bits per heavy atom. The predicted molar refractivity (Wildman–Crippen MR) is 57.9 cm³/mol. The summed E-state index contributed by atoms with van der Waals surface area (Å²) in [5, 5.41) is 8.67. The van der Waals surface area contributed by atoms with E-state index in [1.807, 2.05) is 13.8 Å². The molecule has 1 aliphatic rings. The molecule has 0 saturated carbocycles. The van der Waals surface area contributed by atoms with Crippen molar-refractivity contribution in [2.24, 2.45) is 5.92 Å². The van der Waals surface area contributed by atoms with Crippen LogP contribution in [0.2, 0.25) is 0 Å². The van der Waals surface area contributed by atoms with Crippen molar-refractivity contribution in [3.63, 3.8) is 0 Å². The Morgan fingerprint density at radius 2 is 2.33 bits per heavy atom. The van der Waals surface area contributed by atoms with Crippen LogP contribution in [0, 0.1) is 5.92 Å². The van der Waals surface area contributed by atoms with E-state index in [2.05, 4.69) is 4.90 Å². The molecule has 0 aliphatic carbocycles. The number of nitrogens with zero attached hydrogens (tertiary/aromatic N) is 1. The number of carbonyl (C=O) groups is 1. The zero-order chi connectivity index (χ0) is 11.3. The van der Waals surface area contributed by atoms with Gasteiger partial charge in [0.2, 0.25) is 0 Å². The number of carboxylic acids is 1. The molecule has 1 fully saturated rings. The van der Waals surface area contributed by atoms with Gasteiger partial charge in [0.15, 0.2) is 0 Å². The second-order valence-corrected chi connectivity index (χ2v) is 4.47. The van der Waals surface area contributed by atoms with E-state index in [1.165, 1.54) is 0 Å². The smallest absolute Gasteiger partial charge is 0.303 e. The van der Waals surface area contributed by atoms with E-state index in [0.29, 0.717) is 12.3 Å². The minimum atomic E-state index is -0.680. The molecule has 0 spiro atoms. The molecule has 1 saturated heterocycles. The van der Waals surface area contributed by atoms with Gasteiger partial charge in [0, 0.05) is 19.5 Å². The lowest BCUT2D eigenvalue weighted by atomic mass is 10.1. The maximum atomic E-state index is 10.5. The highest BCUT2D eigenvalue weighted by molar-refractivity contribution is 5.67. The van der Waals surface area contributed by atoms with Gasteiger partial charge in [0.25, 0.3) is 0 Å². The van der Waals surface area contributed by atoms with Crippen LogP contribution in [0.25, 0.3) is 0 Å². The third-order valence-corrected chi connectivity index (χ3v) is 2.69. The van der Waals surface area contributed by atoms with E-state index in [1.54, 1.807) is 0 Å². The average molecular weight is 215 g/mol. The summed E-state index contributed by atoms with van der Waals surface area (Å²) in [5.41, 5.74) is 0. The van der Waals surface area contributed by atoms with Gasteiger partial charge in [-0.2, -0.15) is 0 Å². The van der Waals surface area contributed by atoms with Gasteiger partial charge >= 0.3 is 5.97 Å². The summed E-state index contributed by atoms with van der Waals surface area (Å²) in [4.78, 5) is 12.8. The van der Waals surface area contributed by atoms with Crippen LogP contribution in [-0.4, -0.2) is 48.3 Å². The van der Waals surface area contributed by atoms with E-state index < -0.39 is 5.97 Å². The largest absolute Gasteiger partial charge is 0.481 e. The number of hydrogen-bond donors (Lipinski definition) is 1. The molecule has 1 atom stereocenters. The van der Waals surface area contributed by atoms with Crippen LogP contribution in [0.15, 0.2) is 0 Å². The third-order valence-electron chi connectivity index (χ3n) is 2.69. The van der Waals surface area contributed by atoms with E-state index in [-0.39, 0.29) is 6.10 Å². The zero-order valence-electron chi connectivity index (χ0n) is 9.61. The van der Waals surface area contributed by atoms with Crippen LogP contribution < -0.4 is 0 Å². The van der Waals surface area contributed by atoms with Crippen LogP contribution in [0.1, 0.15) is 26.7 Å². The number of likely N-dealkylation sites (tertiary alicyclic amines) is 1. The van der Waals surface area contributed by atoms with Crippen molar-refractivity contribution in [1.29, 1.82) is 0 Å². The van der Waals surface area contributed by atoms with Gasteiger partial charge in [0.05, 0.1) is 12.7 Å². The highest BCUT2D eigenvalue weighted by Gasteiger charge is 2.23. The molecule has 1 unspecified atom stereocenters. The van der Waals surface area contributed by atoms with Crippen molar-refractivity contribution in [3.8, 4) is 0 Å². The van der Waals surface area contributed by atoms with E-state index >= 15 is 0 Å². The van der Waals surface area contributed by atoms with Crippen molar-refractivity contribution in [3.05, 3.63) is 0 Å². The zero-order valence-corrected chi connectivity index (χ0v) is 9.61. The van der Waals surface area contributed by atoms with E-state index in [0.717, 1.165) is 32.7 Å². The third kappa shape index (κ3) is 5.14. The fraction of sp³-hybridized carbons (Fsp3) is 0.909. The molecule has 1 N–H and O–H groups in total. The molecule has 0 radical (unpaired) electrons. The number of ether oxygens (including phenoxy) is 1. The topological polar surface area (TPSA) is 49.8 Å². The molecule has 1 aliphatic heterocycles. The summed E-state index contributed by atoms with van der Waals surface area (Å²) >= 11 is 0. The number of carboxylic acid groups (broad SMARTS) is 1. The van der Waals surface area contributed by atoms with E-state index in [4.69, 9.17) is 9.84 Å². The van der Waals surface area contributed by atoms with Crippen molar-refractivity contribution in [1.82, 2.24) is 4.90 Å². The van der Waals surface area contributed by atoms with E-state index in [9.17, 15) is 4.79 Å². The number of aliphatic carboxylic acids is 1. The molecule has 1 heterocycles. The maximum absolute atomic E-state index is 10.5. The summed E-state index contributed by atoms with van der Waals surface area (Å²) in [6, 6.07) is 0. The molecule has 4 heteroatoms. The van der Waals surface area contributed by atoms with Gasteiger partial charge in [-0.05, 0) is 32.7 Å². The summed E-state index contributed by atoms with van der Waals surface area (Å²) in [7, 11) is 0. The molecule has 0 aromatic rings. The second-order valence-electron chi connectivity index (χ2n) is 4.47. The van der Waals surface area contributed by atoms with Crippen LogP contribution in [0.4, 0.5) is 0 Å². The van der Waals surface area contributed by atoms with Crippen molar-refractivity contribution >= 4 is 5.97 Å². The SMILES string of the molecule is CC(C)OCCN1CCC(CC(=O)O)C1. The molecule has 0 aromatic carbocycles. The average Bonchev–Trinajstić information content (AvgIpc) is 2.50. The first-order valence-electron chi connectivity index (χ1n) is 5.63. The predicted octanol–water partition coefficient (Wildman–Crippen LogP) is 1.21. The molecule has 15 heavy (non-hydrogen) atoms. The summed E-state index contributed by atoms with van der Waals surface area (Å²) < 4.78 is 5.46. The van der Waals surface area contributed by atoms with Crippen LogP contribution >= 0.6 is 0 Å². The van der Waals surface area contributed by atoms with Crippen LogP contribution in [0.5, 0.6) is 0 Å². The summed E-state index contributed by atoms with van der Waals surface area (Å²) in [6.45, 7) is 7.65. The number of hydrogen-bond acceptors (Lipinski definition) is 3. The van der Waals surface area contributed by atoms with Crippen molar-refractivity contribution in [2.45, 2.75) is 32.8 Å². The highest BCUT2D eigenvalue weighted by atomic mass is 16.5. The molecular formula is C11H21NO3. The lowest BCUT2D eigenvalue weighted by Crippen LogP contribution is -2.26. The van der Waals surface area contributed by atoms with Crippen molar-refractivity contribution < 1.29 is 14.6 Å². The fourth-order valence-electron chi connectivity index (χ4n) is 1.95. The first-order chi connectivity index (χ1) is 7.08. The second kappa shape index (κ2) is 6.08. The minimum Gasteiger partial charge on any atom is -0.481 e. The Bertz CT molecular complexity index is 206. The molecule has 88 valence electrons. The molecule has 4 nitrogen and oxygen atoms in total. The molecule has 0 bridgehead atoms. The first-order valence-corrected chi connectivity index (χ1v) is 5.63. The molecule has 1 rings (SSSR count). The summed E-state index contributed by atoms with van der Waals surface area (Å²) in [5.74, 6) is -0.346. The monoisotopic (exact) mass is 215 g/mol. The Hall–Kier alpha value is -0.610. The summed E-state index contributed by atoms with van der Waals surface area (Å²) in [6.07, 6.45) is 1.60. The molecular weight excluding hydrogens is 194 g/mol. The van der Waals surface area contributed by atoms with Gasteiger partial charge in [-0.15, -0.1) is 0 Å². The Balaban J connectivity index is 2.11. The van der Waals surface area contributed by atoms with Crippen LogP contribution in [-0.2, 0) is 9.53 Å². The highest BCUT2D eigenvalue weighted by Crippen LogP contribution is 2.18. The van der Waals surface area contributed by atoms with Gasteiger partial charge in [-0.1, -0.05) is 0 Å². The lowest BCUT2D eigenvalue weighted by Gasteiger charge is -2.16. The quantitative estimate of drug-likeness (QED) is 0.723. The Morgan fingerprint density at radius 1 is 1.60 bits per heavy atom. The lowest BCUT2D eigenvalue weighted by molar-refractivity contribution is -0.138. The molecule has 0 amide bonds.